The van der Waals surface area contributed by atoms with Gasteiger partial charge in [-0.1, -0.05) is 26.8 Å². The molecule has 0 fully saturated rings. The van der Waals surface area contributed by atoms with Crippen molar-refractivity contribution < 1.29 is 24.5 Å². The summed E-state index contributed by atoms with van der Waals surface area (Å²) in [5.41, 5.74) is -0.0736. The molecule has 1 atom stereocenters. The minimum atomic E-state index is -1.21. The molecule has 0 heterocycles. The Morgan fingerprint density at radius 1 is 1.12 bits per heavy atom. The van der Waals surface area contributed by atoms with E-state index in [4.69, 9.17) is 4.74 Å². The first-order valence-electron chi connectivity index (χ1n) is 7.76. The Bertz CT molecular complexity index is 625. The molecule has 0 radical (unpaired) electrons. The van der Waals surface area contributed by atoms with Crippen molar-refractivity contribution in [3.63, 3.8) is 0 Å². The van der Waals surface area contributed by atoms with Gasteiger partial charge in [-0.05, 0) is 49.4 Å². The van der Waals surface area contributed by atoms with Crippen molar-refractivity contribution in [3.05, 3.63) is 29.3 Å². The van der Waals surface area contributed by atoms with Crippen LogP contribution < -0.4 is 0 Å². The van der Waals surface area contributed by atoms with Gasteiger partial charge in [0.15, 0.2) is 6.04 Å². The molecule has 0 bridgehead atoms. The number of amides is 1. The minimum absolute atomic E-state index is 0.0929. The van der Waals surface area contributed by atoms with E-state index < -0.39 is 23.7 Å². The summed E-state index contributed by atoms with van der Waals surface area (Å²) in [5.74, 6) is -1.08. The first-order valence-corrected chi connectivity index (χ1v) is 7.76. The second-order valence-electron chi connectivity index (χ2n) is 7.86. The number of nitrogens with zero attached hydrogens (tertiary/aromatic N) is 1. The number of carboxylic acid groups (broad SMARTS) is 1. The van der Waals surface area contributed by atoms with Crippen LogP contribution in [0.25, 0.3) is 0 Å². The van der Waals surface area contributed by atoms with Crippen LogP contribution in [0.1, 0.15) is 58.7 Å². The third-order valence-electron chi connectivity index (χ3n) is 3.45. The van der Waals surface area contributed by atoms with Gasteiger partial charge in [0.05, 0.1) is 0 Å². The minimum Gasteiger partial charge on any atom is -0.508 e. The number of hydrogen-bond acceptors (Lipinski definition) is 4. The number of phenols is 1. The number of benzene rings is 1. The van der Waals surface area contributed by atoms with Gasteiger partial charge in [-0.3, -0.25) is 4.90 Å². The molecular weight excluding hydrogens is 310 g/mol. The van der Waals surface area contributed by atoms with E-state index in [1.165, 1.54) is 19.2 Å². The predicted octanol–water partition coefficient (Wildman–Crippen LogP) is 3.68. The monoisotopic (exact) mass is 337 g/mol. The fourth-order valence-electron chi connectivity index (χ4n) is 2.30. The molecule has 1 aromatic carbocycles. The van der Waals surface area contributed by atoms with E-state index in [9.17, 15) is 19.8 Å². The second-order valence-corrected chi connectivity index (χ2v) is 7.86. The zero-order chi connectivity index (χ0) is 18.9. The van der Waals surface area contributed by atoms with Crippen molar-refractivity contribution in [1.29, 1.82) is 0 Å². The molecule has 6 nitrogen and oxygen atoms in total. The highest BCUT2D eigenvalue weighted by molar-refractivity contribution is 5.81. The highest BCUT2D eigenvalue weighted by atomic mass is 16.6. The number of carboxylic acids is 1. The molecule has 0 aromatic heterocycles. The normalized spacial score (nSPS) is 13.3. The van der Waals surface area contributed by atoms with E-state index >= 15 is 0 Å². The molecule has 1 aromatic rings. The highest BCUT2D eigenvalue weighted by Gasteiger charge is 2.32. The lowest BCUT2D eigenvalue weighted by atomic mass is 9.84. The van der Waals surface area contributed by atoms with Crippen LogP contribution >= 0.6 is 0 Å². The Kier molecular flexibility index (Phi) is 5.54. The molecule has 24 heavy (non-hydrogen) atoms. The van der Waals surface area contributed by atoms with E-state index in [1.54, 1.807) is 26.8 Å². The van der Waals surface area contributed by atoms with Gasteiger partial charge in [0.2, 0.25) is 0 Å². The molecule has 0 aliphatic heterocycles. The molecule has 134 valence electrons. The van der Waals surface area contributed by atoms with E-state index in [2.05, 4.69) is 0 Å². The van der Waals surface area contributed by atoms with Crippen molar-refractivity contribution in [3.8, 4) is 5.75 Å². The molecule has 0 spiro atoms. The molecule has 2 N–H and O–H groups in total. The molecule has 6 heteroatoms. The number of carbonyl (C=O) groups excluding carboxylic acids is 1. The van der Waals surface area contributed by atoms with Crippen LogP contribution in [0.2, 0.25) is 0 Å². The number of carbonyl (C=O) groups is 2. The average molecular weight is 337 g/mol. The zero-order valence-corrected chi connectivity index (χ0v) is 15.4. The summed E-state index contributed by atoms with van der Waals surface area (Å²) in [6, 6.07) is 3.37. The number of phenolic OH excluding ortho intramolecular Hbond substituents is 1. The van der Waals surface area contributed by atoms with Gasteiger partial charge in [0.25, 0.3) is 0 Å². The van der Waals surface area contributed by atoms with Gasteiger partial charge in [-0.2, -0.15) is 0 Å². The summed E-state index contributed by atoms with van der Waals surface area (Å²) >= 11 is 0. The van der Waals surface area contributed by atoms with Gasteiger partial charge < -0.3 is 14.9 Å². The van der Waals surface area contributed by atoms with E-state index in [0.717, 1.165) is 4.90 Å². The summed E-state index contributed by atoms with van der Waals surface area (Å²) in [5, 5.41) is 19.6. The van der Waals surface area contributed by atoms with Crippen molar-refractivity contribution >= 4 is 12.1 Å². The van der Waals surface area contributed by atoms with Crippen LogP contribution in [0, 0.1) is 0 Å². The smallest absolute Gasteiger partial charge is 0.411 e. The molecule has 0 saturated heterocycles. The predicted molar refractivity (Wildman–Crippen MR) is 91.2 cm³/mol. The van der Waals surface area contributed by atoms with Crippen LogP contribution in [0.4, 0.5) is 4.79 Å². The quantitative estimate of drug-likeness (QED) is 0.878. The van der Waals surface area contributed by atoms with Crippen molar-refractivity contribution in [2.75, 3.05) is 7.05 Å². The Morgan fingerprint density at radius 2 is 1.67 bits per heavy atom. The summed E-state index contributed by atoms with van der Waals surface area (Å²) in [7, 11) is 1.39. The van der Waals surface area contributed by atoms with Crippen LogP contribution in [0.15, 0.2) is 18.2 Å². The fraction of sp³-hybridized carbons (Fsp3) is 0.556. The maximum atomic E-state index is 12.2. The summed E-state index contributed by atoms with van der Waals surface area (Å²) in [6.07, 6.45) is -0.722. The topological polar surface area (TPSA) is 87.1 Å². The van der Waals surface area contributed by atoms with Gasteiger partial charge in [0.1, 0.15) is 11.4 Å². The molecular formula is C18H27NO5. The van der Waals surface area contributed by atoms with Crippen LogP contribution in [-0.4, -0.2) is 39.8 Å². The third-order valence-corrected chi connectivity index (χ3v) is 3.45. The number of aromatic hydroxyl groups is 1. The summed E-state index contributed by atoms with van der Waals surface area (Å²) in [6.45, 7) is 10.9. The van der Waals surface area contributed by atoms with E-state index in [1.807, 2.05) is 20.8 Å². The Balaban J connectivity index is 3.27. The van der Waals surface area contributed by atoms with Gasteiger partial charge in [-0.15, -0.1) is 0 Å². The Hall–Kier alpha value is -2.24. The lowest BCUT2D eigenvalue weighted by molar-refractivity contribution is -0.142. The Morgan fingerprint density at radius 3 is 2.08 bits per heavy atom. The van der Waals surface area contributed by atoms with Crippen LogP contribution in [-0.2, 0) is 14.9 Å². The van der Waals surface area contributed by atoms with Crippen molar-refractivity contribution in [1.82, 2.24) is 4.90 Å². The van der Waals surface area contributed by atoms with Crippen molar-refractivity contribution in [2.24, 2.45) is 0 Å². The highest BCUT2D eigenvalue weighted by Crippen LogP contribution is 2.34. The number of hydrogen-bond donors (Lipinski definition) is 2. The maximum Gasteiger partial charge on any atom is 0.411 e. The third kappa shape index (κ3) is 4.88. The average Bonchev–Trinajstić information content (AvgIpc) is 2.37. The zero-order valence-electron chi connectivity index (χ0n) is 15.4. The second kappa shape index (κ2) is 6.71. The SMILES string of the molecule is CN(C(=O)OC(C)(C)C)[C@H](C(=O)O)c1ccc(O)c(C(C)(C)C)c1. The van der Waals surface area contributed by atoms with Gasteiger partial charge in [-0.25, -0.2) is 9.59 Å². The van der Waals surface area contributed by atoms with Crippen LogP contribution in [0.5, 0.6) is 5.75 Å². The van der Waals surface area contributed by atoms with Crippen molar-refractivity contribution in [2.45, 2.75) is 58.6 Å². The molecule has 1 rings (SSSR count). The molecule has 0 unspecified atom stereocenters. The first kappa shape index (κ1) is 19.8. The van der Waals surface area contributed by atoms with Crippen LogP contribution in [0.3, 0.4) is 0 Å². The maximum absolute atomic E-state index is 12.2. The number of ether oxygens (including phenoxy) is 1. The lowest BCUT2D eigenvalue weighted by Gasteiger charge is -2.29. The number of aliphatic carboxylic acids is 1. The van der Waals surface area contributed by atoms with Gasteiger partial charge >= 0.3 is 12.1 Å². The summed E-state index contributed by atoms with van der Waals surface area (Å²) < 4.78 is 5.25. The first-order chi connectivity index (χ1) is 10.7. The molecule has 0 aliphatic carbocycles. The molecule has 0 saturated carbocycles. The van der Waals surface area contributed by atoms with E-state index in [0.29, 0.717) is 11.1 Å². The molecule has 0 aliphatic rings. The van der Waals surface area contributed by atoms with E-state index in [-0.39, 0.29) is 11.2 Å². The fourth-order valence-corrected chi connectivity index (χ4v) is 2.30. The lowest BCUT2D eigenvalue weighted by Crippen LogP contribution is -2.39. The Labute approximate surface area is 143 Å². The summed E-state index contributed by atoms with van der Waals surface area (Å²) in [4.78, 5) is 25.0. The standard InChI is InChI=1S/C18H27NO5/c1-17(2,3)12-10-11(8-9-13(12)20)14(15(21)22)19(7)16(23)24-18(4,5)6/h8-10,14,20H,1-7H3,(H,21,22)/t14-/m0/s1. The number of rotatable bonds is 3. The van der Waals surface area contributed by atoms with Gasteiger partial charge in [0, 0.05) is 7.05 Å². The molecule has 1 amide bonds. The largest absolute Gasteiger partial charge is 0.508 e. The number of likely N-dealkylation sites (N-methyl/N-ethyl adjacent to an activating group) is 1.